The summed E-state index contributed by atoms with van der Waals surface area (Å²) in [6, 6.07) is 2.36. The maximum Gasteiger partial charge on any atom is 0.326 e. The van der Waals surface area contributed by atoms with E-state index in [2.05, 4.69) is 5.32 Å². The third-order valence-electron chi connectivity index (χ3n) is 3.42. The van der Waals surface area contributed by atoms with E-state index in [1.165, 1.54) is 14.2 Å². The van der Waals surface area contributed by atoms with Crippen molar-refractivity contribution in [1.29, 1.82) is 0 Å². The number of aliphatic carboxylic acids is 1. The number of unbranched alkanes of at least 4 members (excludes halogenated alkanes) is 1. The molecule has 0 aromatic heterocycles. The van der Waals surface area contributed by atoms with E-state index in [0.29, 0.717) is 29.0 Å². The molecule has 0 saturated heterocycles. The summed E-state index contributed by atoms with van der Waals surface area (Å²) in [7, 11) is 3.00. The van der Waals surface area contributed by atoms with Crippen LogP contribution in [0.5, 0.6) is 11.5 Å². The van der Waals surface area contributed by atoms with Gasteiger partial charge in [-0.3, -0.25) is 4.79 Å². The monoisotopic (exact) mass is 309 g/mol. The fourth-order valence-corrected chi connectivity index (χ4v) is 2.13. The number of carbonyl (C=O) groups is 2. The van der Waals surface area contributed by atoms with Gasteiger partial charge in [-0.15, -0.1) is 0 Å². The molecule has 122 valence electrons. The predicted octanol–water partition coefficient (Wildman–Crippen LogP) is 2.39. The van der Waals surface area contributed by atoms with Crippen molar-refractivity contribution in [2.45, 2.75) is 39.2 Å². The van der Waals surface area contributed by atoms with Crippen LogP contribution in [0.4, 0.5) is 0 Å². The summed E-state index contributed by atoms with van der Waals surface area (Å²) >= 11 is 0. The lowest BCUT2D eigenvalue weighted by molar-refractivity contribution is -0.139. The Balaban J connectivity index is 2.99. The zero-order valence-electron chi connectivity index (χ0n) is 13.4. The molecule has 1 aromatic rings. The van der Waals surface area contributed by atoms with E-state index in [-0.39, 0.29) is 0 Å². The molecule has 6 nitrogen and oxygen atoms in total. The van der Waals surface area contributed by atoms with Gasteiger partial charge in [-0.2, -0.15) is 0 Å². The summed E-state index contributed by atoms with van der Waals surface area (Å²) < 4.78 is 10.4. The van der Waals surface area contributed by atoms with Crippen molar-refractivity contribution in [3.8, 4) is 11.5 Å². The van der Waals surface area contributed by atoms with Gasteiger partial charge in [0.2, 0.25) is 0 Å². The van der Waals surface area contributed by atoms with Gasteiger partial charge in [-0.1, -0.05) is 19.8 Å². The fourth-order valence-electron chi connectivity index (χ4n) is 2.13. The van der Waals surface area contributed by atoms with Crippen LogP contribution in [0, 0.1) is 6.92 Å². The molecular formula is C16H23NO5. The van der Waals surface area contributed by atoms with Crippen LogP contribution < -0.4 is 14.8 Å². The van der Waals surface area contributed by atoms with Crippen molar-refractivity contribution in [1.82, 2.24) is 5.32 Å². The van der Waals surface area contributed by atoms with Gasteiger partial charge in [0.1, 0.15) is 6.04 Å². The average Bonchev–Trinajstić information content (AvgIpc) is 2.50. The molecule has 1 amide bonds. The van der Waals surface area contributed by atoms with E-state index in [9.17, 15) is 14.7 Å². The Morgan fingerprint density at radius 3 is 2.32 bits per heavy atom. The molecule has 0 heterocycles. The van der Waals surface area contributed by atoms with Crippen LogP contribution in [0.2, 0.25) is 0 Å². The van der Waals surface area contributed by atoms with Gasteiger partial charge in [0.05, 0.1) is 14.2 Å². The van der Waals surface area contributed by atoms with Crippen molar-refractivity contribution in [3.63, 3.8) is 0 Å². The van der Waals surface area contributed by atoms with Crippen LogP contribution in [0.15, 0.2) is 12.1 Å². The first-order chi connectivity index (χ1) is 10.4. The molecule has 0 radical (unpaired) electrons. The van der Waals surface area contributed by atoms with E-state index in [0.717, 1.165) is 12.8 Å². The highest BCUT2D eigenvalue weighted by atomic mass is 16.5. The molecule has 0 saturated carbocycles. The van der Waals surface area contributed by atoms with Gasteiger partial charge < -0.3 is 19.9 Å². The van der Waals surface area contributed by atoms with Gasteiger partial charge >= 0.3 is 5.97 Å². The minimum Gasteiger partial charge on any atom is -0.493 e. The summed E-state index contributed by atoms with van der Waals surface area (Å²) in [6.45, 7) is 3.73. The maximum absolute atomic E-state index is 12.3. The molecular weight excluding hydrogens is 286 g/mol. The Bertz CT molecular complexity index is 542. The number of ether oxygens (including phenoxy) is 2. The molecule has 1 rings (SSSR count). The topological polar surface area (TPSA) is 84.9 Å². The first-order valence-corrected chi connectivity index (χ1v) is 7.20. The van der Waals surface area contributed by atoms with Gasteiger partial charge in [-0.05, 0) is 31.0 Å². The number of carboxylic acids is 1. The lowest BCUT2D eigenvalue weighted by Gasteiger charge is -2.16. The van der Waals surface area contributed by atoms with Crippen molar-refractivity contribution < 1.29 is 24.2 Å². The lowest BCUT2D eigenvalue weighted by atomic mass is 10.1. The molecule has 1 atom stereocenters. The zero-order chi connectivity index (χ0) is 16.7. The second kappa shape index (κ2) is 8.26. The molecule has 1 unspecified atom stereocenters. The minimum atomic E-state index is -1.03. The Hall–Kier alpha value is -2.24. The van der Waals surface area contributed by atoms with E-state index < -0.39 is 17.9 Å². The molecule has 22 heavy (non-hydrogen) atoms. The fraction of sp³-hybridized carbons (Fsp3) is 0.500. The van der Waals surface area contributed by atoms with Gasteiger partial charge in [0.15, 0.2) is 11.5 Å². The van der Waals surface area contributed by atoms with Crippen molar-refractivity contribution in [2.75, 3.05) is 14.2 Å². The van der Waals surface area contributed by atoms with Crippen molar-refractivity contribution >= 4 is 11.9 Å². The van der Waals surface area contributed by atoms with Crippen LogP contribution >= 0.6 is 0 Å². The quantitative estimate of drug-likeness (QED) is 0.770. The number of carboxylic acid groups (broad SMARTS) is 1. The smallest absolute Gasteiger partial charge is 0.326 e. The highest BCUT2D eigenvalue weighted by Crippen LogP contribution is 2.30. The Morgan fingerprint density at radius 2 is 1.82 bits per heavy atom. The summed E-state index contributed by atoms with van der Waals surface area (Å²) in [5.41, 5.74) is 1.06. The van der Waals surface area contributed by atoms with Crippen LogP contribution in [0.1, 0.15) is 42.1 Å². The van der Waals surface area contributed by atoms with Crippen LogP contribution in [-0.2, 0) is 4.79 Å². The Kier molecular flexibility index (Phi) is 6.69. The predicted molar refractivity (Wildman–Crippen MR) is 82.7 cm³/mol. The Labute approximate surface area is 130 Å². The summed E-state index contributed by atoms with van der Waals surface area (Å²) in [5.74, 6) is -0.502. The van der Waals surface area contributed by atoms with Crippen LogP contribution in [0.25, 0.3) is 0 Å². The number of methoxy groups -OCH3 is 2. The van der Waals surface area contributed by atoms with E-state index in [1.54, 1.807) is 19.1 Å². The SMILES string of the molecule is CCCCC(NC(=O)c1cc(OC)c(OC)cc1C)C(=O)O. The molecule has 0 fully saturated rings. The summed E-state index contributed by atoms with van der Waals surface area (Å²) in [4.78, 5) is 23.6. The molecule has 6 heteroatoms. The maximum atomic E-state index is 12.3. The molecule has 0 aliphatic rings. The second-order valence-corrected chi connectivity index (χ2v) is 5.03. The number of rotatable bonds is 8. The molecule has 0 aliphatic carbocycles. The standard InChI is InChI=1S/C16H23NO5/c1-5-6-7-12(16(19)20)17-15(18)11-9-14(22-4)13(21-3)8-10(11)2/h8-9,12H,5-7H2,1-4H3,(H,17,18)(H,19,20). The van der Waals surface area contributed by atoms with E-state index in [1.807, 2.05) is 6.92 Å². The van der Waals surface area contributed by atoms with Gasteiger partial charge in [-0.25, -0.2) is 4.79 Å². The van der Waals surface area contributed by atoms with Crippen LogP contribution in [-0.4, -0.2) is 37.2 Å². The third-order valence-corrected chi connectivity index (χ3v) is 3.42. The van der Waals surface area contributed by atoms with Gasteiger partial charge in [0, 0.05) is 5.56 Å². The number of hydrogen-bond donors (Lipinski definition) is 2. The third kappa shape index (κ3) is 4.38. The second-order valence-electron chi connectivity index (χ2n) is 5.03. The number of aryl methyl sites for hydroxylation is 1. The van der Waals surface area contributed by atoms with Crippen LogP contribution in [0.3, 0.4) is 0 Å². The lowest BCUT2D eigenvalue weighted by Crippen LogP contribution is -2.41. The highest BCUT2D eigenvalue weighted by molar-refractivity contribution is 5.98. The number of hydrogen-bond acceptors (Lipinski definition) is 4. The normalized spacial score (nSPS) is 11.6. The Morgan fingerprint density at radius 1 is 1.23 bits per heavy atom. The van der Waals surface area contributed by atoms with Crippen molar-refractivity contribution in [3.05, 3.63) is 23.3 Å². The van der Waals surface area contributed by atoms with Gasteiger partial charge in [0.25, 0.3) is 5.91 Å². The highest BCUT2D eigenvalue weighted by Gasteiger charge is 2.22. The number of amides is 1. The number of benzene rings is 1. The number of carbonyl (C=O) groups excluding carboxylic acids is 1. The molecule has 2 N–H and O–H groups in total. The zero-order valence-corrected chi connectivity index (χ0v) is 13.4. The largest absolute Gasteiger partial charge is 0.493 e. The molecule has 0 spiro atoms. The summed E-state index contributed by atoms with van der Waals surface area (Å²) in [5, 5.41) is 11.8. The molecule has 0 aliphatic heterocycles. The number of nitrogens with one attached hydrogen (secondary N) is 1. The van der Waals surface area contributed by atoms with E-state index in [4.69, 9.17) is 9.47 Å². The molecule has 1 aromatic carbocycles. The average molecular weight is 309 g/mol. The van der Waals surface area contributed by atoms with Crippen molar-refractivity contribution in [2.24, 2.45) is 0 Å². The first kappa shape index (κ1) is 17.8. The van der Waals surface area contributed by atoms with E-state index >= 15 is 0 Å². The molecule has 0 bridgehead atoms. The minimum absolute atomic E-state index is 0.375. The summed E-state index contributed by atoms with van der Waals surface area (Å²) in [6.07, 6.45) is 2.01. The first-order valence-electron chi connectivity index (χ1n) is 7.20.